The normalized spacial score (nSPS) is 23.9. The number of nitrogens with one attached hydrogen (secondary N) is 1. The van der Waals surface area contributed by atoms with Crippen LogP contribution >= 0.6 is 23.4 Å². The van der Waals surface area contributed by atoms with E-state index in [-0.39, 0.29) is 0 Å². The van der Waals surface area contributed by atoms with Crippen molar-refractivity contribution in [1.29, 1.82) is 0 Å². The molecule has 1 aliphatic carbocycles. The van der Waals surface area contributed by atoms with E-state index in [1.165, 1.54) is 25.0 Å². The van der Waals surface area contributed by atoms with Crippen LogP contribution in [0, 0.1) is 0 Å². The van der Waals surface area contributed by atoms with Crippen molar-refractivity contribution >= 4 is 34.9 Å². The van der Waals surface area contributed by atoms with E-state index in [1.54, 1.807) is 12.3 Å². The van der Waals surface area contributed by atoms with E-state index in [2.05, 4.69) is 17.2 Å². The van der Waals surface area contributed by atoms with Gasteiger partial charge >= 0.3 is 0 Å². The lowest BCUT2D eigenvalue weighted by atomic mass is 10.2. The van der Waals surface area contributed by atoms with Gasteiger partial charge in [0.05, 0.1) is 10.7 Å². The number of thioether (sulfide) groups is 1. The number of pyridine rings is 1. The summed E-state index contributed by atoms with van der Waals surface area (Å²) in [5.74, 6) is 1.96. The monoisotopic (exact) mass is 271 g/mol. The first-order chi connectivity index (χ1) is 8.19. The predicted molar refractivity (Wildman–Crippen MR) is 76.8 cm³/mol. The van der Waals surface area contributed by atoms with Crippen molar-refractivity contribution in [3.05, 3.63) is 17.3 Å². The van der Waals surface area contributed by atoms with Crippen LogP contribution in [0.25, 0.3) is 0 Å². The van der Waals surface area contributed by atoms with Gasteiger partial charge in [0.15, 0.2) is 0 Å². The van der Waals surface area contributed by atoms with Gasteiger partial charge in [0.2, 0.25) is 0 Å². The minimum absolute atomic E-state index is 0.495. The van der Waals surface area contributed by atoms with Crippen molar-refractivity contribution in [2.45, 2.75) is 37.5 Å². The summed E-state index contributed by atoms with van der Waals surface area (Å²) in [6.45, 7) is 2.21. The number of halogens is 1. The molecule has 5 heteroatoms. The van der Waals surface area contributed by atoms with Gasteiger partial charge in [0, 0.05) is 17.5 Å². The van der Waals surface area contributed by atoms with Crippen LogP contribution in [-0.2, 0) is 0 Å². The number of nitrogens with zero attached hydrogens (tertiary/aromatic N) is 1. The minimum Gasteiger partial charge on any atom is -0.396 e. The van der Waals surface area contributed by atoms with Gasteiger partial charge in [-0.3, -0.25) is 0 Å². The molecule has 3 N–H and O–H groups in total. The maximum atomic E-state index is 5.88. The summed E-state index contributed by atoms with van der Waals surface area (Å²) in [4.78, 5) is 4.24. The highest BCUT2D eigenvalue weighted by Crippen LogP contribution is 2.32. The Bertz CT molecular complexity index is 386. The lowest BCUT2D eigenvalue weighted by Gasteiger charge is -2.15. The third-order valence-electron chi connectivity index (χ3n) is 3.01. The van der Waals surface area contributed by atoms with Gasteiger partial charge in [0.1, 0.15) is 5.82 Å². The van der Waals surface area contributed by atoms with Crippen LogP contribution < -0.4 is 11.1 Å². The smallest absolute Gasteiger partial charge is 0.149 e. The molecular formula is C12H18ClN3S. The molecule has 2 atom stereocenters. The molecule has 0 spiro atoms. The molecule has 0 aliphatic heterocycles. The quantitative estimate of drug-likeness (QED) is 0.881. The Morgan fingerprint density at radius 1 is 1.59 bits per heavy atom. The fraction of sp³-hybridized carbons (Fsp3) is 0.583. The molecule has 0 amide bonds. The second-order valence-corrected chi connectivity index (χ2v) is 6.34. The van der Waals surface area contributed by atoms with Crippen molar-refractivity contribution in [1.82, 2.24) is 4.98 Å². The summed E-state index contributed by atoms with van der Waals surface area (Å²) in [6.07, 6.45) is 5.31. The highest BCUT2D eigenvalue weighted by molar-refractivity contribution is 7.99. The summed E-state index contributed by atoms with van der Waals surface area (Å²) in [5, 5.41) is 4.78. The Hall–Kier alpha value is -0.610. The number of hydrogen-bond acceptors (Lipinski definition) is 4. The molecule has 1 fully saturated rings. The largest absolute Gasteiger partial charge is 0.396 e. The fourth-order valence-corrected chi connectivity index (χ4v) is 3.54. The molecular weight excluding hydrogens is 254 g/mol. The van der Waals surface area contributed by atoms with Crippen molar-refractivity contribution in [2.75, 3.05) is 16.8 Å². The van der Waals surface area contributed by atoms with Crippen LogP contribution in [0.3, 0.4) is 0 Å². The molecule has 0 bridgehead atoms. The average molecular weight is 272 g/mol. The summed E-state index contributed by atoms with van der Waals surface area (Å²) in [7, 11) is 0. The number of nitrogens with two attached hydrogens (primary N) is 1. The third kappa shape index (κ3) is 3.42. The van der Waals surface area contributed by atoms with Crippen molar-refractivity contribution in [3.8, 4) is 0 Å². The van der Waals surface area contributed by atoms with E-state index in [0.717, 1.165) is 11.1 Å². The molecule has 1 heterocycles. The molecule has 0 saturated heterocycles. The van der Waals surface area contributed by atoms with Crippen LogP contribution in [0.5, 0.6) is 0 Å². The topological polar surface area (TPSA) is 50.9 Å². The van der Waals surface area contributed by atoms with Crippen molar-refractivity contribution in [3.63, 3.8) is 0 Å². The first-order valence-corrected chi connectivity index (χ1v) is 7.41. The van der Waals surface area contributed by atoms with Gasteiger partial charge < -0.3 is 11.1 Å². The third-order valence-corrected chi connectivity index (χ3v) is 4.45. The SMILES string of the molecule is CCSC1CCC(Nc2ncc(Cl)cc2N)C1. The average Bonchev–Trinajstić information content (AvgIpc) is 2.71. The lowest BCUT2D eigenvalue weighted by molar-refractivity contribution is 0.752. The van der Waals surface area contributed by atoms with Gasteiger partial charge in [0.25, 0.3) is 0 Å². The second kappa shape index (κ2) is 5.83. The zero-order chi connectivity index (χ0) is 12.3. The Balaban J connectivity index is 1.93. The molecule has 3 nitrogen and oxygen atoms in total. The van der Waals surface area contributed by atoms with Crippen LogP contribution in [-0.4, -0.2) is 22.0 Å². The summed E-state index contributed by atoms with van der Waals surface area (Å²) in [6, 6.07) is 2.24. The number of anilines is 2. The Kier molecular flexibility index (Phi) is 4.40. The second-order valence-electron chi connectivity index (χ2n) is 4.32. The molecule has 1 aromatic heterocycles. The highest BCUT2D eigenvalue weighted by atomic mass is 35.5. The van der Waals surface area contributed by atoms with E-state index >= 15 is 0 Å². The fourth-order valence-electron chi connectivity index (χ4n) is 2.23. The van der Waals surface area contributed by atoms with E-state index < -0.39 is 0 Å². The van der Waals surface area contributed by atoms with Crippen LogP contribution in [0.4, 0.5) is 11.5 Å². The Morgan fingerprint density at radius 2 is 2.41 bits per heavy atom. The summed E-state index contributed by atoms with van der Waals surface area (Å²) >= 11 is 7.87. The molecule has 1 aliphatic rings. The maximum absolute atomic E-state index is 5.88. The van der Waals surface area contributed by atoms with Crippen LogP contribution in [0.2, 0.25) is 5.02 Å². The van der Waals surface area contributed by atoms with Gasteiger partial charge in [-0.05, 0) is 31.1 Å². The molecule has 2 rings (SSSR count). The van der Waals surface area contributed by atoms with Crippen molar-refractivity contribution in [2.24, 2.45) is 0 Å². The molecule has 2 unspecified atom stereocenters. The lowest BCUT2D eigenvalue weighted by Crippen LogP contribution is -2.18. The minimum atomic E-state index is 0.495. The number of nitrogen functional groups attached to an aromatic ring is 1. The van der Waals surface area contributed by atoms with Gasteiger partial charge in [-0.2, -0.15) is 11.8 Å². The standard InChI is InChI=1S/C12H18ClN3S/c1-2-17-10-4-3-9(6-10)16-12-11(14)5-8(13)7-15-12/h5,7,9-10H,2-4,6,14H2,1H3,(H,15,16). The molecule has 0 aromatic carbocycles. The zero-order valence-electron chi connectivity index (χ0n) is 9.95. The van der Waals surface area contributed by atoms with Gasteiger partial charge in [-0.15, -0.1) is 0 Å². The predicted octanol–water partition coefficient (Wildman–Crippen LogP) is 3.40. The molecule has 1 saturated carbocycles. The first kappa shape index (κ1) is 12.8. The number of aromatic nitrogens is 1. The Morgan fingerprint density at radius 3 is 3.12 bits per heavy atom. The number of hydrogen-bond donors (Lipinski definition) is 2. The zero-order valence-corrected chi connectivity index (χ0v) is 11.5. The summed E-state index contributed by atoms with van der Waals surface area (Å²) < 4.78 is 0. The maximum Gasteiger partial charge on any atom is 0.149 e. The highest BCUT2D eigenvalue weighted by Gasteiger charge is 2.24. The molecule has 17 heavy (non-hydrogen) atoms. The van der Waals surface area contributed by atoms with E-state index in [9.17, 15) is 0 Å². The number of rotatable bonds is 4. The van der Waals surface area contributed by atoms with Crippen molar-refractivity contribution < 1.29 is 0 Å². The summed E-state index contributed by atoms with van der Waals surface area (Å²) in [5.41, 5.74) is 6.51. The van der Waals surface area contributed by atoms with E-state index in [4.69, 9.17) is 17.3 Å². The first-order valence-electron chi connectivity index (χ1n) is 5.98. The van der Waals surface area contributed by atoms with Crippen LogP contribution in [0.1, 0.15) is 26.2 Å². The Labute approximate surface area is 112 Å². The van der Waals surface area contributed by atoms with Crippen LogP contribution in [0.15, 0.2) is 12.3 Å². The molecule has 0 radical (unpaired) electrons. The molecule has 94 valence electrons. The van der Waals surface area contributed by atoms with E-state index in [1.807, 2.05) is 11.8 Å². The van der Waals surface area contributed by atoms with E-state index in [0.29, 0.717) is 16.8 Å². The van der Waals surface area contributed by atoms with Gasteiger partial charge in [-0.25, -0.2) is 4.98 Å². The molecule has 1 aromatic rings. The van der Waals surface area contributed by atoms with Gasteiger partial charge in [-0.1, -0.05) is 18.5 Å².